The quantitative estimate of drug-likeness (QED) is 0.674. The number of ether oxygens (including phenoxy) is 2. The Kier molecular flexibility index (Phi) is 6.09. The molecule has 0 aliphatic carbocycles. The van der Waals surface area contributed by atoms with Crippen molar-refractivity contribution in [1.82, 2.24) is 19.9 Å². The van der Waals surface area contributed by atoms with E-state index >= 15 is 0 Å². The number of nitrogens with one attached hydrogen (secondary N) is 1. The second-order valence-electron chi connectivity index (χ2n) is 7.46. The molecule has 2 aromatic heterocycles. The largest absolute Gasteiger partial charge is 0.497 e. The maximum Gasteiger partial charge on any atom is 0.251 e. The molecule has 1 atom stereocenters. The summed E-state index contributed by atoms with van der Waals surface area (Å²) in [6.07, 6.45) is 6.61. The van der Waals surface area contributed by atoms with Crippen LogP contribution >= 0.6 is 0 Å². The number of piperidine rings is 1. The van der Waals surface area contributed by atoms with Gasteiger partial charge < -0.3 is 14.5 Å². The Morgan fingerprint density at radius 2 is 1.93 bits per heavy atom. The van der Waals surface area contributed by atoms with Crippen molar-refractivity contribution in [2.24, 2.45) is 0 Å². The number of rotatable bonds is 6. The van der Waals surface area contributed by atoms with Gasteiger partial charge >= 0.3 is 0 Å². The number of nitrogens with zero attached hydrogens (tertiary/aromatic N) is 3. The molecule has 1 aliphatic heterocycles. The lowest BCUT2D eigenvalue weighted by atomic mass is 9.98. The number of benzene rings is 1. The van der Waals surface area contributed by atoms with Crippen molar-refractivity contribution < 1.29 is 9.47 Å². The molecule has 3 heterocycles. The van der Waals surface area contributed by atoms with Gasteiger partial charge in [0.25, 0.3) is 5.56 Å². The molecule has 7 nitrogen and oxygen atoms in total. The van der Waals surface area contributed by atoms with E-state index in [9.17, 15) is 4.79 Å². The third-order valence-corrected chi connectivity index (χ3v) is 5.45. The standard InChI is InChI=1S/C23H26N4O3/c1-29-18-10-16(11-19(12-18)30-2)15-27-9-4-3-7-21(27)20-13-22(28)26-23(25-20)17-6-5-8-24-14-17/h5-6,8,10-14,21H,3-4,7,9,15H2,1-2H3,(H,25,26,28). The van der Waals surface area contributed by atoms with Crippen LogP contribution in [0.1, 0.15) is 36.6 Å². The van der Waals surface area contributed by atoms with E-state index in [0.717, 1.165) is 60.7 Å². The molecule has 4 rings (SSSR count). The first-order chi connectivity index (χ1) is 14.7. The summed E-state index contributed by atoms with van der Waals surface area (Å²) in [7, 11) is 3.31. The van der Waals surface area contributed by atoms with Crippen LogP contribution in [0.3, 0.4) is 0 Å². The Hall–Kier alpha value is -3.19. The summed E-state index contributed by atoms with van der Waals surface area (Å²) in [5.74, 6) is 2.09. The topological polar surface area (TPSA) is 80.3 Å². The molecule has 1 unspecified atom stereocenters. The van der Waals surface area contributed by atoms with Crippen molar-refractivity contribution in [3.8, 4) is 22.9 Å². The molecule has 1 N–H and O–H groups in total. The molecular weight excluding hydrogens is 380 g/mol. The van der Waals surface area contributed by atoms with Gasteiger partial charge in [0.2, 0.25) is 0 Å². The van der Waals surface area contributed by atoms with Crippen LogP contribution in [0.5, 0.6) is 11.5 Å². The smallest absolute Gasteiger partial charge is 0.251 e. The fraction of sp³-hybridized carbons (Fsp3) is 0.348. The monoisotopic (exact) mass is 406 g/mol. The number of pyridine rings is 1. The number of H-pyrrole nitrogens is 1. The maximum absolute atomic E-state index is 12.4. The molecule has 1 aliphatic rings. The highest BCUT2D eigenvalue weighted by molar-refractivity contribution is 5.52. The van der Waals surface area contributed by atoms with Crippen molar-refractivity contribution in [2.45, 2.75) is 31.8 Å². The highest BCUT2D eigenvalue weighted by atomic mass is 16.5. The second-order valence-corrected chi connectivity index (χ2v) is 7.46. The molecule has 156 valence electrons. The fourth-order valence-electron chi connectivity index (χ4n) is 3.99. The van der Waals surface area contributed by atoms with E-state index in [1.807, 2.05) is 30.3 Å². The molecule has 0 radical (unpaired) electrons. The first kappa shape index (κ1) is 20.1. The zero-order valence-electron chi connectivity index (χ0n) is 17.3. The van der Waals surface area contributed by atoms with Crippen LogP contribution in [-0.4, -0.2) is 40.6 Å². The Balaban J connectivity index is 1.65. The van der Waals surface area contributed by atoms with Crippen LogP contribution in [0.25, 0.3) is 11.4 Å². The van der Waals surface area contributed by atoms with Crippen LogP contribution in [0, 0.1) is 0 Å². The van der Waals surface area contributed by atoms with Crippen LogP contribution < -0.4 is 15.0 Å². The van der Waals surface area contributed by atoms with E-state index in [1.165, 1.54) is 0 Å². The normalized spacial score (nSPS) is 16.9. The highest BCUT2D eigenvalue weighted by Gasteiger charge is 2.26. The van der Waals surface area contributed by atoms with E-state index in [-0.39, 0.29) is 11.6 Å². The molecule has 0 spiro atoms. The molecule has 30 heavy (non-hydrogen) atoms. The third kappa shape index (κ3) is 4.52. The minimum atomic E-state index is -0.146. The SMILES string of the molecule is COc1cc(CN2CCCCC2c2cc(=O)[nH]c(-c3cccnc3)n2)cc(OC)c1. The average molecular weight is 406 g/mol. The van der Waals surface area contributed by atoms with Gasteiger partial charge in [-0.05, 0) is 49.2 Å². The van der Waals surface area contributed by atoms with Gasteiger partial charge in [0.15, 0.2) is 0 Å². The Morgan fingerprint density at radius 3 is 2.63 bits per heavy atom. The van der Waals surface area contributed by atoms with Gasteiger partial charge in [-0.3, -0.25) is 14.7 Å². The number of hydrogen-bond donors (Lipinski definition) is 1. The average Bonchev–Trinajstić information content (AvgIpc) is 2.79. The Bertz CT molecular complexity index is 1030. The summed E-state index contributed by atoms with van der Waals surface area (Å²) in [5.41, 5.74) is 2.56. The summed E-state index contributed by atoms with van der Waals surface area (Å²) >= 11 is 0. The molecular formula is C23H26N4O3. The number of methoxy groups -OCH3 is 2. The van der Waals surface area contributed by atoms with Gasteiger partial charge in [-0.2, -0.15) is 0 Å². The van der Waals surface area contributed by atoms with Crippen LogP contribution in [-0.2, 0) is 6.54 Å². The molecule has 0 bridgehead atoms. The predicted octanol–water partition coefficient (Wildman–Crippen LogP) is 3.58. The fourth-order valence-corrected chi connectivity index (χ4v) is 3.99. The number of hydrogen-bond acceptors (Lipinski definition) is 6. The van der Waals surface area contributed by atoms with Gasteiger partial charge in [0.1, 0.15) is 17.3 Å². The lowest BCUT2D eigenvalue weighted by molar-refractivity contribution is 0.137. The van der Waals surface area contributed by atoms with Crippen LogP contribution in [0.2, 0.25) is 0 Å². The first-order valence-corrected chi connectivity index (χ1v) is 10.1. The molecule has 3 aromatic rings. The van der Waals surface area contributed by atoms with Crippen molar-refractivity contribution >= 4 is 0 Å². The van der Waals surface area contributed by atoms with E-state index in [2.05, 4.69) is 14.9 Å². The molecule has 0 saturated carbocycles. The summed E-state index contributed by atoms with van der Waals surface area (Å²) in [4.78, 5) is 26.6. The second kappa shape index (κ2) is 9.09. The van der Waals surface area contributed by atoms with E-state index in [1.54, 1.807) is 32.7 Å². The predicted molar refractivity (Wildman–Crippen MR) is 115 cm³/mol. The van der Waals surface area contributed by atoms with Crippen LogP contribution in [0.4, 0.5) is 0 Å². The lowest BCUT2D eigenvalue weighted by Crippen LogP contribution is -2.34. The minimum absolute atomic E-state index is 0.0775. The van der Waals surface area contributed by atoms with Gasteiger partial charge in [-0.1, -0.05) is 6.42 Å². The van der Waals surface area contributed by atoms with Gasteiger partial charge in [0.05, 0.1) is 26.0 Å². The van der Waals surface area contributed by atoms with E-state index in [0.29, 0.717) is 5.82 Å². The van der Waals surface area contributed by atoms with E-state index in [4.69, 9.17) is 14.5 Å². The van der Waals surface area contributed by atoms with Crippen LogP contribution in [0.15, 0.2) is 53.6 Å². The van der Waals surface area contributed by atoms with Gasteiger partial charge in [-0.25, -0.2) is 4.98 Å². The third-order valence-electron chi connectivity index (χ3n) is 5.45. The maximum atomic E-state index is 12.4. The zero-order chi connectivity index (χ0) is 20.9. The van der Waals surface area contributed by atoms with E-state index < -0.39 is 0 Å². The number of aromatic amines is 1. The molecule has 7 heteroatoms. The molecule has 1 saturated heterocycles. The Morgan fingerprint density at radius 1 is 1.13 bits per heavy atom. The molecule has 1 fully saturated rings. The van der Waals surface area contributed by atoms with Gasteiger partial charge in [-0.15, -0.1) is 0 Å². The Labute approximate surface area is 175 Å². The summed E-state index contributed by atoms with van der Waals surface area (Å²) in [5, 5.41) is 0. The molecule has 0 amide bonds. The molecule has 1 aromatic carbocycles. The first-order valence-electron chi connectivity index (χ1n) is 10.1. The zero-order valence-corrected chi connectivity index (χ0v) is 17.3. The minimum Gasteiger partial charge on any atom is -0.497 e. The lowest BCUT2D eigenvalue weighted by Gasteiger charge is -2.35. The van der Waals surface area contributed by atoms with Crippen molar-refractivity contribution in [2.75, 3.05) is 20.8 Å². The van der Waals surface area contributed by atoms with Crippen molar-refractivity contribution in [3.05, 3.63) is 70.4 Å². The summed E-state index contributed by atoms with van der Waals surface area (Å²) < 4.78 is 10.8. The summed E-state index contributed by atoms with van der Waals surface area (Å²) in [6.45, 7) is 1.68. The number of aromatic nitrogens is 3. The van der Waals surface area contributed by atoms with Crippen molar-refractivity contribution in [3.63, 3.8) is 0 Å². The van der Waals surface area contributed by atoms with Crippen molar-refractivity contribution in [1.29, 1.82) is 0 Å². The van der Waals surface area contributed by atoms with Gasteiger partial charge in [0, 0.05) is 36.6 Å². The number of likely N-dealkylation sites (tertiary alicyclic amines) is 1. The highest BCUT2D eigenvalue weighted by Crippen LogP contribution is 2.32. The summed E-state index contributed by atoms with van der Waals surface area (Å²) in [6, 6.07) is 11.4.